The van der Waals surface area contributed by atoms with Crippen LogP contribution in [0.3, 0.4) is 0 Å². The van der Waals surface area contributed by atoms with Crippen molar-refractivity contribution in [2.45, 2.75) is 25.4 Å². The molecule has 0 unspecified atom stereocenters. The smallest absolute Gasteiger partial charge is 0.161 e. The van der Waals surface area contributed by atoms with Crippen molar-refractivity contribution in [3.63, 3.8) is 0 Å². The van der Waals surface area contributed by atoms with Crippen LogP contribution in [0.4, 0.5) is 5.69 Å². The van der Waals surface area contributed by atoms with Crippen LogP contribution in [0.2, 0.25) is 0 Å². The Balaban J connectivity index is 1.28. The molecule has 0 aliphatic carbocycles. The maximum Gasteiger partial charge on any atom is 0.161 e. The monoisotopic (exact) mass is 396 g/mol. The highest BCUT2D eigenvalue weighted by Gasteiger charge is 2.27. The van der Waals surface area contributed by atoms with E-state index in [1.165, 1.54) is 54.3 Å². The van der Waals surface area contributed by atoms with Gasteiger partial charge >= 0.3 is 0 Å². The summed E-state index contributed by atoms with van der Waals surface area (Å²) in [5, 5.41) is 0. The van der Waals surface area contributed by atoms with Gasteiger partial charge in [0, 0.05) is 42.9 Å². The number of likely N-dealkylation sites (tertiary alicyclic amines) is 1. The lowest BCUT2D eigenvalue weighted by Gasteiger charge is -2.29. The molecule has 0 aromatic heterocycles. The van der Waals surface area contributed by atoms with Crippen LogP contribution in [0.5, 0.6) is 11.5 Å². The number of hydrogen-bond acceptors (Lipinski definition) is 5. The third-order valence-electron chi connectivity index (χ3n) is 6.01. The van der Waals surface area contributed by atoms with Crippen molar-refractivity contribution in [1.29, 1.82) is 0 Å². The van der Waals surface area contributed by atoms with Gasteiger partial charge in [-0.15, -0.1) is 0 Å². The van der Waals surface area contributed by atoms with Crippen molar-refractivity contribution >= 4 is 17.4 Å². The van der Waals surface area contributed by atoms with Crippen LogP contribution in [0.25, 0.3) is 0 Å². The first-order valence-electron chi connectivity index (χ1n) is 10.4. The summed E-state index contributed by atoms with van der Waals surface area (Å²) in [6.07, 6.45) is 2.46. The van der Waals surface area contributed by atoms with Crippen LogP contribution in [0.15, 0.2) is 42.5 Å². The molecule has 0 N–H and O–H groups in total. The number of nitrogens with zero attached hydrogens (tertiary/aromatic N) is 2. The van der Waals surface area contributed by atoms with Crippen LogP contribution in [0, 0.1) is 0 Å². The number of thioether (sulfide) groups is 1. The van der Waals surface area contributed by atoms with Crippen molar-refractivity contribution in [3.8, 4) is 11.5 Å². The third-order valence-corrected chi connectivity index (χ3v) is 6.96. The zero-order valence-corrected chi connectivity index (χ0v) is 17.1. The summed E-state index contributed by atoms with van der Waals surface area (Å²) in [5.74, 6) is 4.27. The van der Waals surface area contributed by atoms with Crippen molar-refractivity contribution in [2.75, 3.05) is 49.3 Å². The second-order valence-electron chi connectivity index (χ2n) is 7.80. The molecule has 0 amide bonds. The van der Waals surface area contributed by atoms with Gasteiger partial charge in [-0.3, -0.25) is 4.90 Å². The van der Waals surface area contributed by atoms with Crippen LogP contribution >= 0.6 is 11.8 Å². The second kappa shape index (κ2) is 8.26. The van der Waals surface area contributed by atoms with E-state index in [-0.39, 0.29) is 0 Å². The van der Waals surface area contributed by atoms with Gasteiger partial charge in [0.25, 0.3) is 0 Å². The van der Waals surface area contributed by atoms with E-state index in [9.17, 15) is 0 Å². The van der Waals surface area contributed by atoms with E-state index in [2.05, 4.69) is 64.0 Å². The second-order valence-corrected chi connectivity index (χ2v) is 9.02. The quantitative estimate of drug-likeness (QED) is 0.765. The Bertz CT molecular complexity index is 805. The number of anilines is 1. The Kier molecular flexibility index (Phi) is 5.37. The topological polar surface area (TPSA) is 24.9 Å². The van der Waals surface area contributed by atoms with Gasteiger partial charge in [-0.1, -0.05) is 18.2 Å². The Labute approximate surface area is 171 Å². The Morgan fingerprint density at radius 1 is 0.893 bits per heavy atom. The SMILES string of the molecule is c1cc(N2CCSCC2)ccc1CN1CCC[C@@H]1c1ccc2c(c1)OCCO2. The number of rotatable bonds is 4. The zero-order valence-electron chi connectivity index (χ0n) is 16.3. The lowest BCUT2D eigenvalue weighted by Crippen LogP contribution is -2.32. The van der Waals surface area contributed by atoms with Crippen molar-refractivity contribution in [3.05, 3.63) is 53.6 Å². The highest BCUT2D eigenvalue weighted by Crippen LogP contribution is 2.38. The fraction of sp³-hybridized carbons (Fsp3) is 0.478. The molecule has 4 nitrogen and oxygen atoms in total. The predicted octanol–water partition coefficient (Wildman–Crippen LogP) is 4.35. The molecular weight excluding hydrogens is 368 g/mol. The van der Waals surface area contributed by atoms with Gasteiger partial charge in [0.1, 0.15) is 13.2 Å². The average Bonchev–Trinajstić information content (AvgIpc) is 3.23. The maximum atomic E-state index is 5.80. The lowest BCUT2D eigenvalue weighted by molar-refractivity contribution is 0.170. The van der Waals surface area contributed by atoms with Crippen molar-refractivity contribution < 1.29 is 9.47 Å². The summed E-state index contributed by atoms with van der Waals surface area (Å²) in [5.41, 5.74) is 4.12. The summed E-state index contributed by atoms with van der Waals surface area (Å²) in [7, 11) is 0. The van der Waals surface area contributed by atoms with Gasteiger partial charge in [0.2, 0.25) is 0 Å². The maximum absolute atomic E-state index is 5.80. The van der Waals surface area contributed by atoms with E-state index < -0.39 is 0 Å². The van der Waals surface area contributed by atoms with E-state index >= 15 is 0 Å². The molecule has 3 aliphatic rings. The van der Waals surface area contributed by atoms with Gasteiger partial charge in [0.15, 0.2) is 11.5 Å². The van der Waals surface area contributed by atoms with Gasteiger partial charge in [-0.2, -0.15) is 11.8 Å². The first kappa shape index (κ1) is 18.2. The lowest BCUT2D eigenvalue weighted by atomic mass is 10.0. The molecule has 3 heterocycles. The molecule has 148 valence electrons. The Hall–Kier alpha value is -1.85. The molecule has 28 heavy (non-hydrogen) atoms. The summed E-state index contributed by atoms with van der Waals surface area (Å²) in [6.45, 7) is 5.80. The Morgan fingerprint density at radius 3 is 2.50 bits per heavy atom. The van der Waals surface area contributed by atoms with Gasteiger partial charge < -0.3 is 14.4 Å². The highest BCUT2D eigenvalue weighted by atomic mass is 32.2. The van der Waals surface area contributed by atoms with Crippen LogP contribution in [-0.2, 0) is 6.54 Å². The number of fused-ring (bicyclic) bond motifs is 1. The molecule has 5 heteroatoms. The molecule has 3 aliphatic heterocycles. The van der Waals surface area contributed by atoms with E-state index in [4.69, 9.17) is 9.47 Å². The minimum atomic E-state index is 0.467. The molecule has 2 saturated heterocycles. The first-order valence-corrected chi connectivity index (χ1v) is 11.6. The van der Waals surface area contributed by atoms with Crippen LogP contribution < -0.4 is 14.4 Å². The third kappa shape index (κ3) is 3.83. The molecule has 0 saturated carbocycles. The fourth-order valence-corrected chi connectivity index (χ4v) is 5.43. The molecule has 1 atom stereocenters. The first-order chi connectivity index (χ1) is 13.9. The molecule has 0 bridgehead atoms. The minimum absolute atomic E-state index is 0.467. The summed E-state index contributed by atoms with van der Waals surface area (Å²) in [4.78, 5) is 5.12. The number of benzene rings is 2. The standard InChI is InChI=1S/C23H28N2O2S/c1-2-21(19-5-8-22-23(16-19)27-13-12-26-22)25(9-1)17-18-3-6-20(7-4-18)24-10-14-28-15-11-24/h3-8,16,21H,1-2,9-15,17H2/t21-/m1/s1. The number of hydrogen-bond donors (Lipinski definition) is 0. The molecule has 0 spiro atoms. The molecule has 2 aromatic rings. The van der Waals surface area contributed by atoms with E-state index in [1.54, 1.807) is 0 Å². The normalized spacial score (nSPS) is 22.4. The van der Waals surface area contributed by atoms with Crippen molar-refractivity contribution in [1.82, 2.24) is 4.90 Å². The van der Waals surface area contributed by atoms with Gasteiger partial charge in [-0.05, 0) is 54.8 Å². The summed E-state index contributed by atoms with van der Waals surface area (Å²) >= 11 is 2.06. The molecule has 2 aromatic carbocycles. The van der Waals surface area contributed by atoms with E-state index in [0.717, 1.165) is 24.6 Å². The summed E-state index contributed by atoms with van der Waals surface area (Å²) < 4.78 is 11.5. The molecule has 2 fully saturated rings. The fourth-order valence-electron chi connectivity index (χ4n) is 4.53. The van der Waals surface area contributed by atoms with Crippen LogP contribution in [-0.4, -0.2) is 49.3 Å². The minimum Gasteiger partial charge on any atom is -0.486 e. The highest BCUT2D eigenvalue weighted by molar-refractivity contribution is 7.99. The van der Waals surface area contributed by atoms with Gasteiger partial charge in [0.05, 0.1) is 0 Å². The zero-order chi connectivity index (χ0) is 18.8. The van der Waals surface area contributed by atoms with Crippen LogP contribution in [0.1, 0.15) is 30.0 Å². The van der Waals surface area contributed by atoms with Gasteiger partial charge in [-0.25, -0.2) is 0 Å². The molecule has 5 rings (SSSR count). The average molecular weight is 397 g/mol. The predicted molar refractivity (Wildman–Crippen MR) is 116 cm³/mol. The van der Waals surface area contributed by atoms with E-state index in [1.807, 2.05) is 0 Å². The van der Waals surface area contributed by atoms with Crippen molar-refractivity contribution in [2.24, 2.45) is 0 Å². The molecule has 0 radical (unpaired) electrons. The number of ether oxygens (including phenoxy) is 2. The molecular formula is C23H28N2O2S. The summed E-state index contributed by atoms with van der Waals surface area (Å²) in [6, 6.07) is 16.2. The Morgan fingerprint density at radius 2 is 1.68 bits per heavy atom. The van der Waals surface area contributed by atoms with E-state index in [0.29, 0.717) is 19.3 Å². The largest absolute Gasteiger partial charge is 0.486 e.